The third-order valence-electron chi connectivity index (χ3n) is 9.73. The van der Waals surface area contributed by atoms with Gasteiger partial charge >= 0.3 is 5.97 Å². The average Bonchev–Trinajstić information content (AvgIpc) is 3.79. The first-order valence-electron chi connectivity index (χ1n) is 19.4. The molecule has 15 heteroatoms. The fraction of sp³-hybridized carbons (Fsp3) is 0.625. The zero-order valence-corrected chi connectivity index (χ0v) is 33.7. The zero-order chi connectivity index (χ0) is 41.0. The van der Waals surface area contributed by atoms with Crippen molar-refractivity contribution in [3.8, 4) is 0 Å². The molecule has 2 heterocycles. The summed E-state index contributed by atoms with van der Waals surface area (Å²) in [6.07, 6.45) is 3.62. The number of methoxy groups -OCH3 is 1. The highest BCUT2D eigenvalue weighted by molar-refractivity contribution is 5.97. The highest BCUT2D eigenvalue weighted by atomic mass is 16.5. The molecule has 304 valence electrons. The maximum absolute atomic E-state index is 14.2. The van der Waals surface area contributed by atoms with Crippen molar-refractivity contribution in [3.63, 3.8) is 0 Å². The van der Waals surface area contributed by atoms with E-state index in [1.807, 2.05) is 52.0 Å². The smallest absolute Gasteiger partial charge is 0.328 e. The van der Waals surface area contributed by atoms with Crippen molar-refractivity contribution in [2.45, 2.75) is 130 Å². The van der Waals surface area contributed by atoms with Crippen LogP contribution in [0.3, 0.4) is 0 Å². The van der Waals surface area contributed by atoms with Gasteiger partial charge in [-0.3, -0.25) is 28.8 Å². The average molecular weight is 768 g/mol. The summed E-state index contributed by atoms with van der Waals surface area (Å²) in [7, 11) is 1.22. The summed E-state index contributed by atoms with van der Waals surface area (Å²) < 4.78 is 4.71. The van der Waals surface area contributed by atoms with Crippen LogP contribution in [0.15, 0.2) is 30.5 Å². The Kier molecular flexibility index (Phi) is 16.7. The molecule has 55 heavy (non-hydrogen) atoms. The van der Waals surface area contributed by atoms with Gasteiger partial charge in [0.15, 0.2) is 0 Å². The number of carbonyl (C=O) groups excluding carboxylic acids is 7. The number of aromatic amines is 1. The van der Waals surface area contributed by atoms with Crippen LogP contribution >= 0.6 is 0 Å². The molecule has 6 N–H and O–H groups in total. The van der Waals surface area contributed by atoms with Crippen LogP contribution in [0.25, 0.3) is 10.9 Å². The van der Waals surface area contributed by atoms with Gasteiger partial charge in [-0.05, 0) is 62.0 Å². The Morgan fingerprint density at radius 1 is 0.800 bits per heavy atom. The Morgan fingerprint density at radius 3 is 2.00 bits per heavy atom. The first-order chi connectivity index (χ1) is 26.0. The Hall–Kier alpha value is -4.95. The Morgan fingerprint density at radius 2 is 1.40 bits per heavy atom. The maximum Gasteiger partial charge on any atom is 0.328 e. The second-order valence-electron chi connectivity index (χ2n) is 15.6. The number of hydrogen-bond acceptors (Lipinski definition) is 8. The molecule has 1 aliphatic heterocycles. The van der Waals surface area contributed by atoms with E-state index in [4.69, 9.17) is 4.74 Å². The Bertz CT molecular complexity index is 1670. The molecule has 1 aromatic carbocycles. The first kappa shape index (κ1) is 44.4. The molecule has 1 aromatic heterocycles. The van der Waals surface area contributed by atoms with Gasteiger partial charge in [0, 0.05) is 36.5 Å². The van der Waals surface area contributed by atoms with Crippen molar-refractivity contribution in [1.82, 2.24) is 36.5 Å². The van der Waals surface area contributed by atoms with Crippen LogP contribution in [-0.2, 0) is 44.7 Å². The molecule has 0 saturated carbocycles. The van der Waals surface area contributed by atoms with E-state index in [0.717, 1.165) is 16.5 Å². The third-order valence-corrected chi connectivity index (χ3v) is 9.73. The zero-order valence-electron chi connectivity index (χ0n) is 33.7. The number of benzene rings is 1. The number of para-hydroxylation sites is 1. The van der Waals surface area contributed by atoms with Gasteiger partial charge in [0.1, 0.15) is 36.3 Å². The van der Waals surface area contributed by atoms with E-state index in [9.17, 15) is 33.6 Å². The molecule has 0 unspecified atom stereocenters. The SMILES string of the molecule is CCC(=O)N[C@H](Cc1c[nH]c2ccccc12)C(=O)N[C@H](CC(C)C)C(=O)N[C@@H](C(=O)N1CCC[C@@H]1C(=O)N[C@H](CC(C)C)C(=O)N[C@H](C)C(=O)OC)C(C)C. The van der Waals surface area contributed by atoms with Gasteiger partial charge in [0.25, 0.3) is 0 Å². The second kappa shape index (κ2) is 20.7. The van der Waals surface area contributed by atoms with Gasteiger partial charge in [-0.15, -0.1) is 0 Å². The van der Waals surface area contributed by atoms with Gasteiger partial charge in [0.2, 0.25) is 35.4 Å². The van der Waals surface area contributed by atoms with Gasteiger partial charge in [-0.25, -0.2) is 4.79 Å². The molecular weight excluding hydrogens is 706 g/mol. The predicted octanol–water partition coefficient (Wildman–Crippen LogP) is 2.48. The minimum atomic E-state index is -1.02. The first-order valence-corrected chi connectivity index (χ1v) is 19.4. The Labute approximate surface area is 324 Å². The molecule has 1 fully saturated rings. The van der Waals surface area contributed by atoms with Crippen molar-refractivity contribution in [2.24, 2.45) is 17.8 Å². The van der Waals surface area contributed by atoms with Crippen molar-refractivity contribution in [2.75, 3.05) is 13.7 Å². The molecule has 3 rings (SSSR count). The minimum absolute atomic E-state index is 0.0141. The van der Waals surface area contributed by atoms with Crippen LogP contribution in [0, 0.1) is 17.8 Å². The van der Waals surface area contributed by atoms with Crippen LogP contribution in [0.5, 0.6) is 0 Å². The lowest BCUT2D eigenvalue weighted by atomic mass is 9.98. The van der Waals surface area contributed by atoms with E-state index in [1.54, 1.807) is 27.0 Å². The number of esters is 1. The summed E-state index contributed by atoms with van der Waals surface area (Å²) in [6, 6.07) is 1.86. The van der Waals surface area contributed by atoms with E-state index in [0.29, 0.717) is 19.3 Å². The number of nitrogens with one attached hydrogen (secondary N) is 6. The van der Waals surface area contributed by atoms with Crippen molar-refractivity contribution in [1.29, 1.82) is 0 Å². The van der Waals surface area contributed by atoms with E-state index >= 15 is 0 Å². The number of aromatic nitrogens is 1. The molecular formula is C40H61N7O8. The molecule has 0 radical (unpaired) electrons. The van der Waals surface area contributed by atoms with E-state index in [-0.39, 0.29) is 49.5 Å². The molecule has 2 aromatic rings. The quantitative estimate of drug-likeness (QED) is 0.117. The van der Waals surface area contributed by atoms with Crippen molar-refractivity contribution < 1.29 is 38.3 Å². The highest BCUT2D eigenvalue weighted by Crippen LogP contribution is 2.22. The standard InChI is InChI=1S/C40H61N7O8/c1-10-33(48)43-31(20-26-21-41-28-15-12-11-14-27(26)28)36(50)44-30(19-23(4)5)37(51)46-34(24(6)7)39(53)47-17-13-16-32(47)38(52)45-29(18-22(2)3)35(49)42-25(8)40(54)55-9/h11-12,14-15,21-25,29-32,34,41H,10,13,16-20H2,1-9H3,(H,42,49)(H,43,48)(H,44,50)(H,45,52)(H,46,51)/t25-,29-,30-,31-,32-,34-/m1/s1. The predicted molar refractivity (Wildman–Crippen MR) is 208 cm³/mol. The molecule has 6 amide bonds. The van der Waals surface area contributed by atoms with Crippen LogP contribution < -0.4 is 26.6 Å². The number of hydrogen-bond donors (Lipinski definition) is 6. The molecule has 1 aliphatic rings. The molecule has 0 bridgehead atoms. The normalized spacial score (nSPS) is 16.9. The number of likely N-dealkylation sites (tertiary alicyclic amines) is 1. The van der Waals surface area contributed by atoms with Gasteiger partial charge in [-0.1, -0.05) is 66.7 Å². The Balaban J connectivity index is 1.78. The topological polar surface area (TPSA) is 208 Å². The van der Waals surface area contributed by atoms with Gasteiger partial charge in [-0.2, -0.15) is 0 Å². The van der Waals surface area contributed by atoms with E-state index in [1.165, 1.54) is 18.9 Å². The molecule has 1 saturated heterocycles. The summed E-state index contributed by atoms with van der Waals surface area (Å²) in [6.45, 7) is 14.6. The van der Waals surface area contributed by atoms with E-state index < -0.39 is 71.8 Å². The van der Waals surface area contributed by atoms with Crippen LogP contribution in [0.4, 0.5) is 0 Å². The molecule has 15 nitrogen and oxygen atoms in total. The number of rotatable bonds is 19. The van der Waals surface area contributed by atoms with Gasteiger partial charge in [0.05, 0.1) is 7.11 Å². The lowest BCUT2D eigenvalue weighted by Gasteiger charge is -2.32. The summed E-state index contributed by atoms with van der Waals surface area (Å²) in [5.74, 6) is -3.90. The third kappa shape index (κ3) is 12.5. The monoisotopic (exact) mass is 767 g/mol. The lowest BCUT2D eigenvalue weighted by Crippen LogP contribution is -2.60. The number of fused-ring (bicyclic) bond motifs is 1. The summed E-state index contributed by atoms with van der Waals surface area (Å²) in [5.41, 5.74) is 1.72. The second-order valence-corrected chi connectivity index (χ2v) is 15.6. The largest absolute Gasteiger partial charge is 0.467 e. The number of carbonyl (C=O) groups is 7. The number of nitrogens with zero attached hydrogens (tertiary/aromatic N) is 1. The molecule has 0 aliphatic carbocycles. The fourth-order valence-electron chi connectivity index (χ4n) is 6.77. The van der Waals surface area contributed by atoms with Crippen LogP contribution in [-0.4, -0.2) is 101 Å². The van der Waals surface area contributed by atoms with Crippen molar-refractivity contribution >= 4 is 52.3 Å². The summed E-state index contributed by atoms with van der Waals surface area (Å²) >= 11 is 0. The fourth-order valence-corrected chi connectivity index (χ4v) is 6.77. The highest BCUT2D eigenvalue weighted by Gasteiger charge is 2.41. The van der Waals surface area contributed by atoms with Crippen LogP contribution in [0.2, 0.25) is 0 Å². The maximum atomic E-state index is 14.2. The lowest BCUT2D eigenvalue weighted by molar-refractivity contribution is -0.145. The summed E-state index contributed by atoms with van der Waals surface area (Å²) in [5, 5.41) is 14.8. The number of amides is 6. The van der Waals surface area contributed by atoms with Crippen molar-refractivity contribution in [3.05, 3.63) is 36.0 Å². The number of ether oxygens (including phenoxy) is 1. The molecule has 6 atom stereocenters. The van der Waals surface area contributed by atoms with Crippen LogP contribution in [0.1, 0.15) is 93.1 Å². The number of H-pyrrole nitrogens is 1. The molecule has 0 spiro atoms. The minimum Gasteiger partial charge on any atom is -0.467 e. The van der Waals surface area contributed by atoms with Gasteiger partial charge < -0.3 is 41.2 Å². The van der Waals surface area contributed by atoms with E-state index in [2.05, 4.69) is 31.6 Å². The summed E-state index contributed by atoms with van der Waals surface area (Å²) in [4.78, 5) is 98.0.